The zero-order chi connectivity index (χ0) is 20.9. The van der Waals surface area contributed by atoms with Gasteiger partial charge in [-0.15, -0.1) is 21.5 Å². The predicted molar refractivity (Wildman–Crippen MR) is 121 cm³/mol. The number of nitrogens with one attached hydrogen (secondary N) is 1. The van der Waals surface area contributed by atoms with E-state index < -0.39 is 0 Å². The highest BCUT2D eigenvalue weighted by molar-refractivity contribution is 8.01. The lowest BCUT2D eigenvalue weighted by Crippen LogP contribution is -2.11. The molecule has 0 spiro atoms. The summed E-state index contributed by atoms with van der Waals surface area (Å²) in [5, 5.41) is 12.1. The molecule has 0 atom stereocenters. The molecule has 152 valence electrons. The number of thiazole rings is 1. The molecule has 0 radical (unpaired) electrons. The number of benzene rings is 2. The van der Waals surface area contributed by atoms with Gasteiger partial charge in [-0.25, -0.2) is 4.98 Å². The van der Waals surface area contributed by atoms with Crippen LogP contribution in [0.4, 0.5) is 5.69 Å². The smallest absolute Gasteiger partial charge is 0.267 e. The molecule has 2 aromatic heterocycles. The van der Waals surface area contributed by atoms with Crippen LogP contribution in [0, 0.1) is 6.92 Å². The van der Waals surface area contributed by atoms with Gasteiger partial charge >= 0.3 is 0 Å². The quantitative estimate of drug-likeness (QED) is 0.357. The second-order valence-corrected chi connectivity index (χ2v) is 9.72. The summed E-state index contributed by atoms with van der Waals surface area (Å²) in [5.41, 5.74) is 3.09. The van der Waals surface area contributed by atoms with Crippen molar-refractivity contribution in [3.8, 4) is 5.75 Å². The first-order chi connectivity index (χ1) is 14.6. The molecule has 2 aromatic carbocycles. The molecule has 0 aliphatic rings. The zero-order valence-electron chi connectivity index (χ0n) is 15.7. The number of nitrogens with zero attached hydrogens (tertiary/aromatic N) is 3. The molecule has 0 aliphatic heterocycles. The number of carbonyl (C=O) groups excluding carboxylic acids is 1. The van der Waals surface area contributed by atoms with Crippen molar-refractivity contribution in [1.29, 1.82) is 0 Å². The van der Waals surface area contributed by atoms with Crippen molar-refractivity contribution in [2.24, 2.45) is 0 Å². The molecule has 0 saturated carbocycles. The van der Waals surface area contributed by atoms with E-state index in [1.807, 2.05) is 31.2 Å². The summed E-state index contributed by atoms with van der Waals surface area (Å²) in [6.07, 6.45) is 0. The van der Waals surface area contributed by atoms with Gasteiger partial charge in [-0.05, 0) is 55.5 Å². The number of anilines is 1. The molecule has 4 aromatic rings. The van der Waals surface area contributed by atoms with Crippen molar-refractivity contribution < 1.29 is 9.53 Å². The Labute approximate surface area is 190 Å². The van der Waals surface area contributed by atoms with E-state index in [0.717, 1.165) is 14.2 Å². The highest BCUT2D eigenvalue weighted by Crippen LogP contribution is 2.29. The summed E-state index contributed by atoms with van der Waals surface area (Å²) in [5.74, 6) is 0.511. The van der Waals surface area contributed by atoms with Gasteiger partial charge in [0.05, 0.1) is 5.69 Å². The number of hydrogen-bond acceptors (Lipinski definition) is 8. The van der Waals surface area contributed by atoms with Gasteiger partial charge < -0.3 is 10.1 Å². The fourth-order valence-corrected chi connectivity index (χ4v) is 4.95. The molecule has 1 N–H and O–H groups in total. The minimum atomic E-state index is -0.188. The number of ether oxygens (including phenoxy) is 1. The lowest BCUT2D eigenvalue weighted by Gasteiger charge is -2.05. The fourth-order valence-electron chi connectivity index (χ4n) is 2.50. The number of aromatic nitrogens is 3. The number of hydrogen-bond donors (Lipinski definition) is 1. The monoisotopic (exact) mass is 474 g/mol. The predicted octanol–water partition coefficient (Wildman–Crippen LogP) is 5.94. The first-order valence-corrected chi connectivity index (χ1v) is 11.7. The maximum Gasteiger partial charge on any atom is 0.267 e. The molecular formula is C20H15ClN4O2S3. The van der Waals surface area contributed by atoms with Gasteiger partial charge in [-0.3, -0.25) is 4.79 Å². The van der Waals surface area contributed by atoms with E-state index in [0.29, 0.717) is 27.0 Å². The number of carbonyl (C=O) groups is 1. The van der Waals surface area contributed by atoms with Crippen LogP contribution in [0.3, 0.4) is 0 Å². The summed E-state index contributed by atoms with van der Waals surface area (Å²) in [7, 11) is 0. The van der Waals surface area contributed by atoms with E-state index in [1.165, 1.54) is 34.4 Å². The van der Waals surface area contributed by atoms with Crippen LogP contribution in [0.1, 0.15) is 20.4 Å². The molecule has 10 heteroatoms. The van der Waals surface area contributed by atoms with Crippen molar-refractivity contribution in [1.82, 2.24) is 15.2 Å². The van der Waals surface area contributed by atoms with E-state index in [4.69, 9.17) is 16.3 Å². The first kappa shape index (κ1) is 20.8. The van der Waals surface area contributed by atoms with Gasteiger partial charge in [-0.1, -0.05) is 34.7 Å². The van der Waals surface area contributed by atoms with Gasteiger partial charge in [0.2, 0.25) is 0 Å². The van der Waals surface area contributed by atoms with Crippen LogP contribution < -0.4 is 10.1 Å². The van der Waals surface area contributed by atoms with E-state index in [9.17, 15) is 4.79 Å². The Hall–Kier alpha value is -2.46. The Morgan fingerprint density at radius 2 is 1.93 bits per heavy atom. The lowest BCUT2D eigenvalue weighted by atomic mass is 10.3. The highest BCUT2D eigenvalue weighted by atomic mass is 35.5. The fraction of sp³-hybridized carbons (Fsp3) is 0.100. The van der Waals surface area contributed by atoms with Crippen LogP contribution in [0.25, 0.3) is 0 Å². The molecule has 0 aliphatic carbocycles. The Balaban J connectivity index is 1.36. The third kappa shape index (κ3) is 5.37. The molecular weight excluding hydrogens is 460 g/mol. The van der Waals surface area contributed by atoms with Crippen LogP contribution in [-0.4, -0.2) is 21.1 Å². The summed E-state index contributed by atoms with van der Waals surface area (Å²) >= 11 is 10.2. The largest absolute Gasteiger partial charge is 0.486 e. The molecule has 1 amide bonds. The minimum absolute atomic E-state index is 0.188. The summed E-state index contributed by atoms with van der Waals surface area (Å²) in [6, 6.07) is 14.7. The number of amides is 1. The second-order valence-electron chi connectivity index (χ2n) is 6.05. The van der Waals surface area contributed by atoms with E-state index in [2.05, 4.69) is 20.5 Å². The van der Waals surface area contributed by atoms with Gasteiger partial charge in [0, 0.05) is 15.6 Å². The summed E-state index contributed by atoms with van der Waals surface area (Å²) < 4.78 is 6.59. The van der Waals surface area contributed by atoms with E-state index in [-0.39, 0.29) is 12.5 Å². The van der Waals surface area contributed by atoms with Gasteiger partial charge in [0.1, 0.15) is 27.8 Å². The normalized spacial score (nSPS) is 10.7. The lowest BCUT2D eigenvalue weighted by molar-refractivity contribution is 0.103. The van der Waals surface area contributed by atoms with Crippen molar-refractivity contribution in [3.05, 3.63) is 74.6 Å². The number of rotatable bonds is 7. The van der Waals surface area contributed by atoms with Crippen LogP contribution in [0.15, 0.2) is 63.3 Å². The molecule has 0 saturated heterocycles. The molecule has 2 heterocycles. The Morgan fingerprint density at radius 1 is 1.17 bits per heavy atom. The third-order valence-electron chi connectivity index (χ3n) is 3.88. The first-order valence-electron chi connectivity index (χ1n) is 8.77. The van der Waals surface area contributed by atoms with Gasteiger partial charge in [0.15, 0.2) is 4.34 Å². The number of halogens is 1. The van der Waals surface area contributed by atoms with Crippen molar-refractivity contribution in [2.75, 3.05) is 5.32 Å². The standard InChI is InChI=1S/C20H15ClN4O2S3/c1-12-18(30-17(23-12)10-27-15-6-2-13(21)3-7-15)19(26)24-14-4-8-16(9-5-14)29-20-25-22-11-28-20/h2-9,11H,10H2,1H3,(H,24,26). The third-order valence-corrected chi connectivity index (χ3v) is 7.05. The average molecular weight is 475 g/mol. The van der Waals surface area contributed by atoms with Crippen LogP contribution >= 0.6 is 46.0 Å². The molecule has 30 heavy (non-hydrogen) atoms. The van der Waals surface area contributed by atoms with E-state index >= 15 is 0 Å². The van der Waals surface area contributed by atoms with Crippen LogP contribution in [0.2, 0.25) is 5.02 Å². The molecule has 4 rings (SSSR count). The molecule has 0 unspecified atom stereocenters. The summed E-state index contributed by atoms with van der Waals surface area (Å²) in [6.45, 7) is 2.11. The van der Waals surface area contributed by atoms with Gasteiger partial charge in [0.25, 0.3) is 5.91 Å². The highest BCUT2D eigenvalue weighted by Gasteiger charge is 2.16. The minimum Gasteiger partial charge on any atom is -0.486 e. The molecule has 6 nitrogen and oxygen atoms in total. The second kappa shape index (κ2) is 9.57. The van der Waals surface area contributed by atoms with Gasteiger partial charge in [-0.2, -0.15) is 0 Å². The number of aryl methyl sites for hydroxylation is 1. The SMILES string of the molecule is Cc1nc(COc2ccc(Cl)cc2)sc1C(=O)Nc1ccc(Sc2nncs2)cc1. The Kier molecular flexibility index (Phi) is 6.63. The van der Waals surface area contributed by atoms with Crippen LogP contribution in [0.5, 0.6) is 5.75 Å². The Morgan fingerprint density at radius 3 is 2.63 bits per heavy atom. The van der Waals surface area contributed by atoms with Crippen molar-refractivity contribution in [3.63, 3.8) is 0 Å². The van der Waals surface area contributed by atoms with Crippen LogP contribution in [-0.2, 0) is 6.61 Å². The van der Waals surface area contributed by atoms with E-state index in [1.54, 1.807) is 29.8 Å². The maximum atomic E-state index is 12.7. The summed E-state index contributed by atoms with van der Waals surface area (Å²) in [4.78, 5) is 18.7. The van der Waals surface area contributed by atoms with Crippen molar-refractivity contribution in [2.45, 2.75) is 22.8 Å². The average Bonchev–Trinajstić information content (AvgIpc) is 3.38. The van der Waals surface area contributed by atoms with Crippen molar-refractivity contribution >= 4 is 57.6 Å². The zero-order valence-corrected chi connectivity index (χ0v) is 18.9. The molecule has 0 fully saturated rings. The maximum absolute atomic E-state index is 12.7. The topological polar surface area (TPSA) is 77.0 Å². The molecule has 0 bridgehead atoms. The Bertz CT molecular complexity index is 1130.